The van der Waals surface area contributed by atoms with Gasteiger partial charge >= 0.3 is 0 Å². The first-order chi connectivity index (χ1) is 13.0. The second-order valence-electron chi connectivity index (χ2n) is 8.68. The highest BCUT2D eigenvalue weighted by Gasteiger charge is 2.59. The van der Waals surface area contributed by atoms with Crippen molar-refractivity contribution in [3.63, 3.8) is 0 Å². The summed E-state index contributed by atoms with van der Waals surface area (Å²) in [6, 6.07) is 2.47. The van der Waals surface area contributed by atoms with Crippen molar-refractivity contribution in [2.75, 3.05) is 39.3 Å². The van der Waals surface area contributed by atoms with Gasteiger partial charge in [-0.3, -0.25) is 9.89 Å². The Hall–Kier alpha value is -0.870. The maximum atomic E-state index is 5.94. The molecule has 0 bridgehead atoms. The second-order valence-corrected chi connectivity index (χ2v) is 8.68. The van der Waals surface area contributed by atoms with E-state index in [1.54, 1.807) is 0 Å². The fourth-order valence-electron chi connectivity index (χ4n) is 4.98. The first kappa shape index (κ1) is 21.8. The zero-order valence-electron chi connectivity index (χ0n) is 17.5. The molecule has 158 valence electrons. The number of halogens is 1. The topological polar surface area (TPSA) is 66.1 Å². The van der Waals surface area contributed by atoms with Gasteiger partial charge in [-0.25, -0.2) is 0 Å². The number of nitrogens with zero attached hydrogens (tertiary/aromatic N) is 4. The molecule has 0 spiro atoms. The molecule has 1 saturated carbocycles. The summed E-state index contributed by atoms with van der Waals surface area (Å²) in [4.78, 5) is 9.65. The van der Waals surface area contributed by atoms with Gasteiger partial charge in [0.1, 0.15) is 5.76 Å². The lowest BCUT2D eigenvalue weighted by Crippen LogP contribution is -2.68. The molecule has 8 heteroatoms. The van der Waals surface area contributed by atoms with E-state index in [2.05, 4.69) is 41.0 Å². The van der Waals surface area contributed by atoms with Gasteiger partial charge in [0.25, 0.3) is 0 Å². The van der Waals surface area contributed by atoms with Crippen molar-refractivity contribution < 1.29 is 9.26 Å². The SMILES string of the molecule is CCN=C(NC1C2CCOC2C1(C)C)N1CCN(Cc2cc(C)on2)CC1.I. The van der Waals surface area contributed by atoms with E-state index in [1.165, 1.54) is 0 Å². The third kappa shape index (κ3) is 4.18. The summed E-state index contributed by atoms with van der Waals surface area (Å²) >= 11 is 0. The Bertz CT molecular complexity index is 684. The third-order valence-electron chi connectivity index (χ3n) is 6.43. The van der Waals surface area contributed by atoms with E-state index in [0.717, 1.165) is 69.7 Å². The molecule has 7 nitrogen and oxygen atoms in total. The fraction of sp³-hybridized carbons (Fsp3) is 0.800. The minimum absolute atomic E-state index is 0. The van der Waals surface area contributed by atoms with Crippen LogP contribution in [-0.2, 0) is 11.3 Å². The van der Waals surface area contributed by atoms with Crippen LogP contribution in [0.5, 0.6) is 0 Å². The van der Waals surface area contributed by atoms with Crippen LogP contribution in [0.15, 0.2) is 15.6 Å². The molecule has 0 aromatic carbocycles. The van der Waals surface area contributed by atoms with Gasteiger partial charge in [-0.2, -0.15) is 0 Å². The molecule has 4 rings (SSSR count). The van der Waals surface area contributed by atoms with Crippen LogP contribution in [0, 0.1) is 18.3 Å². The lowest BCUT2D eigenvalue weighted by atomic mass is 9.57. The summed E-state index contributed by atoms with van der Waals surface area (Å²) in [5.41, 5.74) is 1.19. The minimum Gasteiger partial charge on any atom is -0.377 e. The molecule has 0 amide bonds. The van der Waals surface area contributed by atoms with E-state index >= 15 is 0 Å². The summed E-state index contributed by atoms with van der Waals surface area (Å²) in [6.45, 7) is 15.2. The molecule has 2 saturated heterocycles. The minimum atomic E-state index is 0. The number of piperazine rings is 1. The quantitative estimate of drug-likeness (QED) is 0.387. The first-order valence-corrected chi connectivity index (χ1v) is 10.3. The average Bonchev–Trinajstić information content (AvgIpc) is 3.27. The Kier molecular flexibility index (Phi) is 6.92. The number of guanidine groups is 1. The predicted octanol–water partition coefficient (Wildman–Crippen LogP) is 2.50. The number of aliphatic imine (C=N–C) groups is 1. The van der Waals surface area contributed by atoms with E-state index in [-0.39, 0.29) is 29.4 Å². The number of aryl methyl sites for hydroxylation is 1. The Morgan fingerprint density at radius 2 is 2.07 bits per heavy atom. The molecule has 3 fully saturated rings. The van der Waals surface area contributed by atoms with Gasteiger partial charge in [0.05, 0.1) is 11.8 Å². The summed E-state index contributed by atoms with van der Waals surface area (Å²) in [5, 5.41) is 7.92. The highest BCUT2D eigenvalue weighted by atomic mass is 127. The van der Waals surface area contributed by atoms with Crippen molar-refractivity contribution in [3.05, 3.63) is 17.5 Å². The standard InChI is InChI=1S/C20H33N5O2.HI/c1-5-21-19(22-17-16-6-11-26-18(16)20(17,3)4)25-9-7-24(8-10-25)13-15-12-14(2)27-23-15;/h12,16-18H,5-11,13H2,1-4H3,(H,21,22);1H. The van der Waals surface area contributed by atoms with Crippen LogP contribution in [0.1, 0.15) is 38.6 Å². The fourth-order valence-corrected chi connectivity index (χ4v) is 4.98. The molecule has 3 aliphatic rings. The zero-order chi connectivity index (χ0) is 19.0. The molecule has 3 atom stereocenters. The van der Waals surface area contributed by atoms with Crippen LogP contribution in [0.3, 0.4) is 0 Å². The molecule has 1 aromatic heterocycles. The molecule has 3 heterocycles. The smallest absolute Gasteiger partial charge is 0.194 e. The average molecular weight is 503 g/mol. The molecule has 0 radical (unpaired) electrons. The van der Waals surface area contributed by atoms with E-state index < -0.39 is 0 Å². The Balaban J connectivity index is 0.00000225. The Labute approximate surface area is 185 Å². The van der Waals surface area contributed by atoms with Crippen molar-refractivity contribution in [2.45, 2.75) is 52.8 Å². The largest absolute Gasteiger partial charge is 0.377 e. The van der Waals surface area contributed by atoms with Crippen molar-refractivity contribution in [1.82, 2.24) is 20.3 Å². The summed E-state index contributed by atoms with van der Waals surface area (Å²) in [5.74, 6) is 2.57. The number of aromatic nitrogens is 1. The number of hydrogen-bond donors (Lipinski definition) is 1. The highest BCUT2D eigenvalue weighted by Crippen LogP contribution is 2.52. The predicted molar refractivity (Wildman–Crippen MR) is 120 cm³/mol. The number of hydrogen-bond acceptors (Lipinski definition) is 5. The van der Waals surface area contributed by atoms with Gasteiger partial charge in [-0.15, -0.1) is 24.0 Å². The van der Waals surface area contributed by atoms with Crippen LogP contribution in [0.2, 0.25) is 0 Å². The Morgan fingerprint density at radius 1 is 1.32 bits per heavy atom. The molecular weight excluding hydrogens is 469 g/mol. The van der Waals surface area contributed by atoms with Gasteiger partial charge < -0.3 is 19.5 Å². The van der Waals surface area contributed by atoms with Gasteiger partial charge in [0, 0.05) is 69.3 Å². The molecular formula is C20H34IN5O2. The molecule has 1 aliphatic carbocycles. The molecule has 1 aromatic rings. The molecule has 1 N–H and O–H groups in total. The maximum Gasteiger partial charge on any atom is 0.194 e. The van der Waals surface area contributed by atoms with Crippen molar-refractivity contribution in [1.29, 1.82) is 0 Å². The van der Waals surface area contributed by atoms with Crippen molar-refractivity contribution >= 4 is 29.9 Å². The van der Waals surface area contributed by atoms with E-state index in [4.69, 9.17) is 14.3 Å². The number of rotatable bonds is 4. The number of nitrogens with one attached hydrogen (secondary N) is 1. The maximum absolute atomic E-state index is 5.94. The van der Waals surface area contributed by atoms with Gasteiger partial charge in [-0.1, -0.05) is 19.0 Å². The van der Waals surface area contributed by atoms with E-state index in [0.29, 0.717) is 18.1 Å². The number of fused-ring (bicyclic) bond motifs is 1. The van der Waals surface area contributed by atoms with E-state index in [9.17, 15) is 0 Å². The van der Waals surface area contributed by atoms with Crippen molar-refractivity contribution in [2.24, 2.45) is 16.3 Å². The molecule has 28 heavy (non-hydrogen) atoms. The van der Waals surface area contributed by atoms with Crippen LogP contribution in [-0.4, -0.2) is 72.4 Å². The first-order valence-electron chi connectivity index (χ1n) is 10.3. The monoisotopic (exact) mass is 503 g/mol. The van der Waals surface area contributed by atoms with Gasteiger partial charge in [0.15, 0.2) is 5.96 Å². The van der Waals surface area contributed by atoms with Crippen LogP contribution < -0.4 is 5.32 Å². The summed E-state index contributed by atoms with van der Waals surface area (Å²) in [6.07, 6.45) is 1.57. The van der Waals surface area contributed by atoms with Gasteiger partial charge in [0.2, 0.25) is 0 Å². The Morgan fingerprint density at radius 3 is 2.71 bits per heavy atom. The normalized spacial score (nSPS) is 29.8. The third-order valence-corrected chi connectivity index (χ3v) is 6.43. The summed E-state index contributed by atoms with van der Waals surface area (Å²) < 4.78 is 11.1. The van der Waals surface area contributed by atoms with Gasteiger partial charge in [-0.05, 0) is 20.3 Å². The second kappa shape index (κ2) is 8.87. The van der Waals surface area contributed by atoms with Crippen molar-refractivity contribution in [3.8, 4) is 0 Å². The van der Waals surface area contributed by atoms with Crippen LogP contribution in [0.4, 0.5) is 0 Å². The summed E-state index contributed by atoms with van der Waals surface area (Å²) in [7, 11) is 0. The zero-order valence-corrected chi connectivity index (χ0v) is 19.8. The molecule has 2 aliphatic heterocycles. The van der Waals surface area contributed by atoms with E-state index in [1.807, 2.05) is 13.0 Å². The lowest BCUT2D eigenvalue weighted by molar-refractivity contribution is -0.107. The highest BCUT2D eigenvalue weighted by molar-refractivity contribution is 14.0. The molecule has 3 unspecified atom stereocenters. The van der Waals surface area contributed by atoms with Crippen LogP contribution in [0.25, 0.3) is 0 Å². The lowest BCUT2D eigenvalue weighted by Gasteiger charge is -2.55. The van der Waals surface area contributed by atoms with Crippen LogP contribution >= 0.6 is 24.0 Å². The number of ether oxygens (including phenoxy) is 1.